The van der Waals surface area contributed by atoms with Crippen LogP contribution in [0.1, 0.15) is 65.8 Å². The molecule has 0 N–H and O–H groups in total. The SMILES string of the molecule is CC1(C)CN(C(=O)c2cccc(C3CCC3)n2)CCN1C(=O)c1ncn(-c2ccccc2)n1. The Hall–Kier alpha value is -3.55. The number of pyridine rings is 1. The Morgan fingerprint density at radius 3 is 2.45 bits per heavy atom. The van der Waals surface area contributed by atoms with Gasteiger partial charge in [-0.3, -0.25) is 9.59 Å². The molecule has 33 heavy (non-hydrogen) atoms. The predicted molar refractivity (Wildman–Crippen MR) is 123 cm³/mol. The molecule has 1 aliphatic heterocycles. The summed E-state index contributed by atoms with van der Waals surface area (Å²) in [5, 5.41) is 4.39. The minimum absolute atomic E-state index is 0.0807. The number of carbonyl (C=O) groups is 2. The highest BCUT2D eigenvalue weighted by molar-refractivity contribution is 5.94. The molecule has 0 unspecified atom stereocenters. The molecule has 0 bridgehead atoms. The van der Waals surface area contributed by atoms with E-state index in [0.717, 1.165) is 24.2 Å². The largest absolute Gasteiger partial charge is 0.333 e. The van der Waals surface area contributed by atoms with E-state index in [9.17, 15) is 9.59 Å². The molecule has 1 aliphatic carbocycles. The number of aromatic nitrogens is 4. The third-order valence-corrected chi connectivity index (χ3v) is 6.65. The lowest BCUT2D eigenvalue weighted by Crippen LogP contribution is -2.62. The van der Waals surface area contributed by atoms with Crippen LogP contribution in [0, 0.1) is 0 Å². The fourth-order valence-corrected chi connectivity index (χ4v) is 4.56. The average molecular weight is 445 g/mol. The van der Waals surface area contributed by atoms with Crippen LogP contribution >= 0.6 is 0 Å². The summed E-state index contributed by atoms with van der Waals surface area (Å²) >= 11 is 0. The van der Waals surface area contributed by atoms with Gasteiger partial charge >= 0.3 is 0 Å². The van der Waals surface area contributed by atoms with Crippen molar-refractivity contribution in [3.8, 4) is 5.69 Å². The molecule has 8 heteroatoms. The summed E-state index contributed by atoms with van der Waals surface area (Å²) in [6.45, 7) is 5.22. The summed E-state index contributed by atoms with van der Waals surface area (Å²) in [6.07, 6.45) is 5.07. The zero-order chi connectivity index (χ0) is 23.0. The van der Waals surface area contributed by atoms with E-state index in [-0.39, 0.29) is 17.6 Å². The molecule has 1 saturated heterocycles. The maximum absolute atomic E-state index is 13.2. The van der Waals surface area contributed by atoms with Gasteiger partial charge in [0.2, 0.25) is 5.82 Å². The molecule has 8 nitrogen and oxygen atoms in total. The van der Waals surface area contributed by atoms with Gasteiger partial charge in [-0.1, -0.05) is 30.7 Å². The molecular formula is C25H28N6O2. The summed E-state index contributed by atoms with van der Waals surface area (Å²) in [4.78, 5) is 38.9. The number of nitrogens with zero attached hydrogens (tertiary/aromatic N) is 6. The molecule has 2 amide bonds. The topological polar surface area (TPSA) is 84.2 Å². The second-order valence-electron chi connectivity index (χ2n) is 9.42. The number of carbonyl (C=O) groups excluding carboxylic acids is 2. The van der Waals surface area contributed by atoms with Gasteiger partial charge in [0.05, 0.1) is 11.2 Å². The van der Waals surface area contributed by atoms with E-state index in [1.807, 2.05) is 56.3 Å². The fourth-order valence-electron chi connectivity index (χ4n) is 4.56. The molecule has 2 aromatic heterocycles. The van der Waals surface area contributed by atoms with Crippen LogP contribution in [-0.4, -0.2) is 66.5 Å². The molecule has 0 atom stereocenters. The van der Waals surface area contributed by atoms with Crippen LogP contribution in [0.5, 0.6) is 0 Å². The van der Waals surface area contributed by atoms with Crippen molar-refractivity contribution in [3.05, 3.63) is 72.1 Å². The van der Waals surface area contributed by atoms with E-state index in [1.165, 1.54) is 6.42 Å². The van der Waals surface area contributed by atoms with Crippen molar-refractivity contribution in [2.45, 2.75) is 44.6 Å². The molecule has 3 aromatic rings. The van der Waals surface area contributed by atoms with Gasteiger partial charge in [0, 0.05) is 31.2 Å². The van der Waals surface area contributed by atoms with Crippen molar-refractivity contribution >= 4 is 11.8 Å². The lowest BCUT2D eigenvalue weighted by atomic mass is 9.82. The van der Waals surface area contributed by atoms with E-state index in [1.54, 1.807) is 26.9 Å². The van der Waals surface area contributed by atoms with Crippen molar-refractivity contribution in [2.24, 2.45) is 0 Å². The number of rotatable bonds is 4. The molecule has 1 aromatic carbocycles. The number of piperazine rings is 1. The number of hydrogen-bond donors (Lipinski definition) is 0. The first kappa shape index (κ1) is 21.3. The Labute approximate surface area is 193 Å². The van der Waals surface area contributed by atoms with Gasteiger partial charge in [-0.05, 0) is 51.0 Å². The van der Waals surface area contributed by atoms with Gasteiger partial charge in [0.1, 0.15) is 12.0 Å². The highest BCUT2D eigenvalue weighted by Gasteiger charge is 2.40. The smallest absolute Gasteiger partial charge is 0.294 e. The van der Waals surface area contributed by atoms with E-state index in [0.29, 0.717) is 31.2 Å². The molecule has 1 saturated carbocycles. The van der Waals surface area contributed by atoms with Crippen molar-refractivity contribution in [2.75, 3.05) is 19.6 Å². The minimum Gasteiger partial charge on any atom is -0.333 e. The van der Waals surface area contributed by atoms with Crippen LogP contribution in [0.4, 0.5) is 0 Å². The molecule has 2 fully saturated rings. The number of hydrogen-bond acceptors (Lipinski definition) is 5. The van der Waals surface area contributed by atoms with Gasteiger partial charge in [-0.25, -0.2) is 14.6 Å². The molecule has 0 spiro atoms. The van der Waals surface area contributed by atoms with Gasteiger partial charge in [0.15, 0.2) is 0 Å². The second kappa shape index (κ2) is 8.42. The standard InChI is InChI=1S/C25H28N6O2/c1-25(2)16-29(23(32)21-13-7-12-20(27-21)18-8-6-9-18)14-15-30(25)24(33)22-26-17-31(28-22)19-10-4-3-5-11-19/h3-5,7,10-13,17-18H,6,8-9,14-16H2,1-2H3. The zero-order valence-corrected chi connectivity index (χ0v) is 19.0. The third-order valence-electron chi connectivity index (χ3n) is 6.65. The summed E-state index contributed by atoms with van der Waals surface area (Å²) in [7, 11) is 0. The van der Waals surface area contributed by atoms with Crippen LogP contribution in [0.15, 0.2) is 54.9 Å². The number of benzene rings is 1. The van der Waals surface area contributed by atoms with E-state index >= 15 is 0 Å². The monoisotopic (exact) mass is 444 g/mol. The molecular weight excluding hydrogens is 416 g/mol. The van der Waals surface area contributed by atoms with Crippen LogP contribution in [0.25, 0.3) is 5.69 Å². The lowest BCUT2D eigenvalue weighted by Gasteiger charge is -2.46. The number of amides is 2. The van der Waals surface area contributed by atoms with E-state index < -0.39 is 5.54 Å². The Balaban J connectivity index is 1.29. The maximum atomic E-state index is 13.2. The minimum atomic E-state index is -0.561. The molecule has 3 heterocycles. The Morgan fingerprint density at radius 1 is 0.970 bits per heavy atom. The Bertz CT molecular complexity index is 1170. The van der Waals surface area contributed by atoms with Crippen LogP contribution < -0.4 is 0 Å². The van der Waals surface area contributed by atoms with Crippen molar-refractivity contribution in [1.82, 2.24) is 29.5 Å². The first-order valence-electron chi connectivity index (χ1n) is 11.5. The maximum Gasteiger partial charge on any atom is 0.294 e. The lowest BCUT2D eigenvalue weighted by molar-refractivity contribution is 0.0158. The first-order valence-corrected chi connectivity index (χ1v) is 11.5. The second-order valence-corrected chi connectivity index (χ2v) is 9.42. The van der Waals surface area contributed by atoms with Crippen molar-refractivity contribution in [3.63, 3.8) is 0 Å². The van der Waals surface area contributed by atoms with Crippen molar-refractivity contribution < 1.29 is 9.59 Å². The van der Waals surface area contributed by atoms with Gasteiger partial charge < -0.3 is 9.80 Å². The molecule has 2 aliphatic rings. The summed E-state index contributed by atoms with van der Waals surface area (Å²) in [5.41, 5.74) is 1.78. The van der Waals surface area contributed by atoms with Crippen molar-refractivity contribution in [1.29, 1.82) is 0 Å². The van der Waals surface area contributed by atoms with Crippen LogP contribution in [0.2, 0.25) is 0 Å². The van der Waals surface area contributed by atoms with Gasteiger partial charge in [0.25, 0.3) is 11.8 Å². The Morgan fingerprint density at radius 2 is 1.76 bits per heavy atom. The van der Waals surface area contributed by atoms with Gasteiger partial charge in [-0.2, -0.15) is 0 Å². The first-order chi connectivity index (χ1) is 15.9. The molecule has 5 rings (SSSR count). The quantitative estimate of drug-likeness (QED) is 0.616. The van der Waals surface area contributed by atoms with Crippen LogP contribution in [-0.2, 0) is 0 Å². The molecule has 0 radical (unpaired) electrons. The normalized spacial score (nSPS) is 18.1. The molecule has 170 valence electrons. The Kier molecular flexibility index (Phi) is 5.44. The zero-order valence-electron chi connectivity index (χ0n) is 19.0. The third kappa shape index (κ3) is 4.13. The van der Waals surface area contributed by atoms with Crippen LogP contribution in [0.3, 0.4) is 0 Å². The average Bonchev–Trinajstić information content (AvgIpc) is 3.28. The fraction of sp³-hybridized carbons (Fsp3) is 0.400. The predicted octanol–water partition coefficient (Wildman–Crippen LogP) is 3.31. The highest BCUT2D eigenvalue weighted by Crippen LogP contribution is 2.35. The summed E-state index contributed by atoms with van der Waals surface area (Å²) < 4.78 is 1.60. The number of para-hydroxylation sites is 1. The highest BCUT2D eigenvalue weighted by atomic mass is 16.2. The summed E-state index contributed by atoms with van der Waals surface area (Å²) in [6, 6.07) is 15.3. The van der Waals surface area contributed by atoms with E-state index in [2.05, 4.69) is 15.1 Å². The van der Waals surface area contributed by atoms with Gasteiger partial charge in [-0.15, -0.1) is 5.10 Å². The van der Waals surface area contributed by atoms with E-state index in [4.69, 9.17) is 0 Å². The summed E-state index contributed by atoms with van der Waals surface area (Å²) in [5.74, 6) is 0.322.